The monoisotopic (exact) mass is 514 g/mol. The van der Waals surface area contributed by atoms with Crippen molar-refractivity contribution in [2.45, 2.75) is 31.1 Å². The molecule has 0 saturated carbocycles. The van der Waals surface area contributed by atoms with Crippen LogP contribution in [0.1, 0.15) is 44.0 Å². The third-order valence-electron chi connectivity index (χ3n) is 6.66. The highest BCUT2D eigenvalue weighted by atomic mass is 32.1. The van der Waals surface area contributed by atoms with Gasteiger partial charge in [0.15, 0.2) is 0 Å². The molecular weight excluding hydrogens is 489 g/mol. The van der Waals surface area contributed by atoms with Crippen molar-refractivity contribution in [1.82, 2.24) is 20.1 Å². The van der Waals surface area contributed by atoms with Crippen LogP contribution < -0.4 is 5.32 Å². The van der Waals surface area contributed by atoms with Crippen molar-refractivity contribution in [1.29, 1.82) is 0 Å². The summed E-state index contributed by atoms with van der Waals surface area (Å²) in [7, 11) is 0. The average Bonchev–Trinajstić information content (AvgIpc) is 3.53. The Hall–Kier alpha value is -3.24. The highest BCUT2D eigenvalue weighted by molar-refractivity contribution is 7.07. The second kappa shape index (κ2) is 10.0. The van der Waals surface area contributed by atoms with Crippen LogP contribution in [0.15, 0.2) is 59.4 Å². The molecule has 2 aromatic carbocycles. The average molecular weight is 515 g/mol. The van der Waals surface area contributed by atoms with E-state index < -0.39 is 11.7 Å². The fourth-order valence-corrected chi connectivity index (χ4v) is 5.16. The lowest BCUT2D eigenvalue weighted by Crippen LogP contribution is -2.62. The fraction of sp³-hybridized carbons (Fsp3) is 0.346. The Morgan fingerprint density at radius 2 is 1.56 bits per heavy atom. The molecular formula is C26H25F3N4O2S. The molecule has 0 spiro atoms. The third kappa shape index (κ3) is 5.44. The van der Waals surface area contributed by atoms with E-state index >= 15 is 0 Å². The molecule has 1 atom stereocenters. The number of likely N-dealkylation sites (tertiary alicyclic amines) is 2. The Balaban J connectivity index is 1.08. The van der Waals surface area contributed by atoms with Gasteiger partial charge in [-0.1, -0.05) is 24.3 Å². The van der Waals surface area contributed by atoms with Crippen LogP contribution in [0.2, 0.25) is 0 Å². The first-order valence-corrected chi connectivity index (χ1v) is 12.7. The Labute approximate surface area is 210 Å². The molecule has 188 valence electrons. The van der Waals surface area contributed by atoms with Crippen molar-refractivity contribution < 1.29 is 22.8 Å². The summed E-state index contributed by atoms with van der Waals surface area (Å²) in [6.45, 7) is 2.56. The molecule has 3 heterocycles. The van der Waals surface area contributed by atoms with Gasteiger partial charge in [0.25, 0.3) is 11.8 Å². The summed E-state index contributed by atoms with van der Waals surface area (Å²) in [6.07, 6.45) is -2.98. The number of carbonyl (C=O) groups is 2. The van der Waals surface area contributed by atoms with Gasteiger partial charge in [0, 0.05) is 49.2 Å². The topological polar surface area (TPSA) is 65.5 Å². The number of hydrogen-bond donors (Lipinski definition) is 1. The summed E-state index contributed by atoms with van der Waals surface area (Å²) < 4.78 is 38.2. The van der Waals surface area contributed by atoms with Crippen molar-refractivity contribution in [3.63, 3.8) is 0 Å². The highest BCUT2D eigenvalue weighted by Crippen LogP contribution is 2.29. The summed E-state index contributed by atoms with van der Waals surface area (Å²) in [5.74, 6) is -0.0754. The fourth-order valence-electron chi connectivity index (χ4n) is 4.64. The van der Waals surface area contributed by atoms with Gasteiger partial charge in [-0.25, -0.2) is 4.98 Å². The predicted molar refractivity (Wildman–Crippen MR) is 130 cm³/mol. The number of thiazole rings is 1. The van der Waals surface area contributed by atoms with Crippen LogP contribution in [0.3, 0.4) is 0 Å². The van der Waals surface area contributed by atoms with E-state index in [9.17, 15) is 22.8 Å². The van der Waals surface area contributed by atoms with Gasteiger partial charge in [0.05, 0.1) is 11.1 Å². The molecule has 0 bridgehead atoms. The van der Waals surface area contributed by atoms with Crippen LogP contribution in [-0.2, 0) is 12.6 Å². The van der Waals surface area contributed by atoms with Crippen molar-refractivity contribution in [3.05, 3.63) is 87.4 Å². The maximum absolute atomic E-state index is 12.8. The Kier molecular flexibility index (Phi) is 6.81. The zero-order valence-corrected chi connectivity index (χ0v) is 20.2. The summed E-state index contributed by atoms with van der Waals surface area (Å²) in [5, 5.41) is 5.32. The Bertz CT molecular complexity index is 1210. The van der Waals surface area contributed by atoms with Gasteiger partial charge in [-0.2, -0.15) is 13.2 Å². The van der Waals surface area contributed by atoms with E-state index in [0.29, 0.717) is 43.9 Å². The van der Waals surface area contributed by atoms with Crippen molar-refractivity contribution >= 4 is 23.2 Å². The molecule has 2 saturated heterocycles. The molecule has 10 heteroatoms. The third-order valence-corrected chi connectivity index (χ3v) is 7.24. The van der Waals surface area contributed by atoms with Crippen molar-refractivity contribution in [3.8, 4) is 0 Å². The number of nitrogens with one attached hydrogen (secondary N) is 1. The molecule has 3 aromatic rings. The van der Waals surface area contributed by atoms with E-state index in [1.807, 2.05) is 17.0 Å². The minimum atomic E-state index is -4.34. The largest absolute Gasteiger partial charge is 0.416 e. The molecule has 2 aliphatic rings. The quantitative estimate of drug-likeness (QED) is 0.539. The van der Waals surface area contributed by atoms with Crippen LogP contribution in [-0.4, -0.2) is 64.9 Å². The predicted octanol–water partition coefficient (Wildman–Crippen LogP) is 4.08. The van der Waals surface area contributed by atoms with E-state index in [0.717, 1.165) is 29.7 Å². The standard InChI is InChI=1S/C26H25F3N4O2S/c27-26(28,29)20-7-3-18(4-8-20)11-17-1-5-19(6-2-17)24(34)33-13-22(14-33)31-21-9-10-32(12-21)25(35)23-15-36-16-30-23/h1-8,15-16,21-22,31H,9-14H2/t21-/m0/s1. The number of amides is 2. The second-order valence-electron chi connectivity index (χ2n) is 9.25. The van der Waals surface area contributed by atoms with Crippen molar-refractivity contribution in [2.24, 2.45) is 0 Å². The van der Waals surface area contributed by atoms with Gasteiger partial charge in [-0.05, 0) is 48.2 Å². The van der Waals surface area contributed by atoms with E-state index in [1.54, 1.807) is 27.9 Å². The van der Waals surface area contributed by atoms with Crippen LogP contribution >= 0.6 is 11.3 Å². The number of benzene rings is 2. The summed E-state index contributed by atoms with van der Waals surface area (Å²) in [5.41, 5.74) is 3.78. The number of halogens is 3. The molecule has 2 fully saturated rings. The lowest BCUT2D eigenvalue weighted by atomic mass is 10.0. The van der Waals surface area contributed by atoms with E-state index in [2.05, 4.69) is 10.3 Å². The molecule has 1 aromatic heterocycles. The van der Waals surface area contributed by atoms with E-state index in [-0.39, 0.29) is 23.9 Å². The minimum Gasteiger partial charge on any atom is -0.336 e. The van der Waals surface area contributed by atoms with E-state index in [4.69, 9.17) is 0 Å². The molecule has 5 rings (SSSR count). The molecule has 0 aliphatic carbocycles. The second-order valence-corrected chi connectivity index (χ2v) is 9.97. The van der Waals surface area contributed by atoms with Crippen LogP contribution in [0.25, 0.3) is 0 Å². The number of aromatic nitrogens is 1. The first-order chi connectivity index (χ1) is 17.3. The number of alkyl halides is 3. The number of carbonyl (C=O) groups excluding carboxylic acids is 2. The highest BCUT2D eigenvalue weighted by Gasteiger charge is 2.35. The number of hydrogen-bond acceptors (Lipinski definition) is 5. The zero-order valence-electron chi connectivity index (χ0n) is 19.4. The molecule has 1 N–H and O–H groups in total. The van der Waals surface area contributed by atoms with Crippen LogP contribution in [0, 0.1) is 0 Å². The van der Waals surface area contributed by atoms with Gasteiger partial charge < -0.3 is 15.1 Å². The smallest absolute Gasteiger partial charge is 0.336 e. The summed E-state index contributed by atoms with van der Waals surface area (Å²) in [4.78, 5) is 33.0. The Morgan fingerprint density at radius 3 is 2.17 bits per heavy atom. The SMILES string of the molecule is O=C(c1ccc(Cc2ccc(C(F)(F)F)cc2)cc1)N1CC(N[C@H]2CCN(C(=O)c3cscn3)C2)C1. The molecule has 0 radical (unpaired) electrons. The van der Waals surface area contributed by atoms with Gasteiger partial charge in [-0.3, -0.25) is 9.59 Å². The van der Waals surface area contributed by atoms with Gasteiger partial charge in [-0.15, -0.1) is 11.3 Å². The number of rotatable bonds is 6. The zero-order chi connectivity index (χ0) is 25.3. The van der Waals surface area contributed by atoms with Gasteiger partial charge in [0.1, 0.15) is 5.69 Å². The van der Waals surface area contributed by atoms with Crippen molar-refractivity contribution in [2.75, 3.05) is 26.2 Å². The first-order valence-electron chi connectivity index (χ1n) is 11.7. The van der Waals surface area contributed by atoms with Crippen LogP contribution in [0.4, 0.5) is 13.2 Å². The molecule has 6 nitrogen and oxygen atoms in total. The number of nitrogens with zero attached hydrogens (tertiary/aromatic N) is 3. The summed E-state index contributed by atoms with van der Waals surface area (Å²) in [6, 6.07) is 12.8. The minimum absolute atomic E-state index is 0.0345. The summed E-state index contributed by atoms with van der Waals surface area (Å²) >= 11 is 1.41. The molecule has 2 aliphatic heterocycles. The Morgan fingerprint density at radius 1 is 0.917 bits per heavy atom. The molecule has 2 amide bonds. The van der Waals surface area contributed by atoms with Gasteiger partial charge in [0.2, 0.25) is 0 Å². The maximum atomic E-state index is 12.8. The van der Waals surface area contributed by atoms with Crippen LogP contribution in [0.5, 0.6) is 0 Å². The molecule has 36 heavy (non-hydrogen) atoms. The lowest BCUT2D eigenvalue weighted by molar-refractivity contribution is -0.137. The maximum Gasteiger partial charge on any atom is 0.416 e. The molecule has 0 unspecified atom stereocenters. The first kappa shape index (κ1) is 24.5. The van der Waals surface area contributed by atoms with Gasteiger partial charge >= 0.3 is 6.18 Å². The lowest BCUT2D eigenvalue weighted by Gasteiger charge is -2.41. The normalized spacial score (nSPS) is 18.4. The van der Waals surface area contributed by atoms with E-state index in [1.165, 1.54) is 23.5 Å².